The lowest BCUT2D eigenvalue weighted by molar-refractivity contribution is -0.131. The summed E-state index contributed by atoms with van der Waals surface area (Å²) in [6.07, 6.45) is 3.37. The van der Waals surface area contributed by atoms with E-state index in [1.54, 1.807) is 0 Å². The highest BCUT2D eigenvalue weighted by Gasteiger charge is 2.26. The fourth-order valence-electron chi connectivity index (χ4n) is 3.01. The third kappa shape index (κ3) is 2.10. The number of carbonyl (C=O) groups is 1. The number of amides is 1. The van der Waals surface area contributed by atoms with Crippen molar-refractivity contribution in [2.75, 3.05) is 13.1 Å². The Bertz CT molecular complexity index is 657. The van der Waals surface area contributed by atoms with Gasteiger partial charge in [-0.1, -0.05) is 18.2 Å². The van der Waals surface area contributed by atoms with Crippen LogP contribution in [0.25, 0.3) is 10.9 Å². The first-order valence-corrected chi connectivity index (χ1v) is 7.41. The average Bonchev–Trinajstić information content (AvgIpc) is 3.24. The number of carbonyl (C=O) groups excluding carboxylic acids is 1. The number of rotatable bonds is 3. The van der Waals surface area contributed by atoms with Crippen molar-refractivity contribution in [1.29, 1.82) is 0 Å². The summed E-state index contributed by atoms with van der Waals surface area (Å²) in [4.78, 5) is 17.7. The van der Waals surface area contributed by atoms with Gasteiger partial charge in [0.2, 0.25) is 5.91 Å². The van der Waals surface area contributed by atoms with Crippen molar-refractivity contribution >= 4 is 16.8 Å². The predicted octanol–water partition coefficient (Wildman–Crippen LogP) is 1.80. The molecule has 1 saturated carbocycles. The van der Waals surface area contributed by atoms with Crippen molar-refractivity contribution in [3.63, 3.8) is 0 Å². The van der Waals surface area contributed by atoms with Crippen molar-refractivity contribution in [3.8, 4) is 0 Å². The monoisotopic (exact) mass is 269 g/mol. The van der Waals surface area contributed by atoms with E-state index in [-0.39, 0.29) is 5.91 Å². The second-order valence-electron chi connectivity index (χ2n) is 5.85. The van der Waals surface area contributed by atoms with Crippen LogP contribution in [0.15, 0.2) is 24.3 Å². The van der Waals surface area contributed by atoms with E-state index < -0.39 is 0 Å². The molecular weight excluding hydrogens is 250 g/mol. The minimum Gasteiger partial charge on any atom is -0.358 e. The summed E-state index contributed by atoms with van der Waals surface area (Å²) in [6.45, 7) is 2.05. The zero-order valence-electron chi connectivity index (χ0n) is 11.5. The topological polar surface area (TPSA) is 48.1 Å². The first-order chi connectivity index (χ1) is 9.81. The van der Waals surface area contributed by atoms with E-state index in [1.807, 2.05) is 11.0 Å². The Hall–Kier alpha value is -1.81. The molecule has 4 rings (SSSR count). The van der Waals surface area contributed by atoms with E-state index in [4.69, 9.17) is 0 Å². The summed E-state index contributed by atoms with van der Waals surface area (Å²) in [5, 5.41) is 4.57. The molecule has 20 heavy (non-hydrogen) atoms. The van der Waals surface area contributed by atoms with E-state index in [9.17, 15) is 4.79 Å². The molecule has 1 aromatic heterocycles. The van der Waals surface area contributed by atoms with Crippen LogP contribution in [0.4, 0.5) is 0 Å². The highest BCUT2D eigenvalue weighted by Crippen LogP contribution is 2.27. The molecule has 4 heteroatoms. The number of para-hydroxylation sites is 1. The largest absolute Gasteiger partial charge is 0.358 e. The molecule has 2 aliphatic rings. The fraction of sp³-hybridized carbons (Fsp3) is 0.438. The number of benzene rings is 1. The normalized spacial score (nSPS) is 18.3. The van der Waals surface area contributed by atoms with Gasteiger partial charge in [0.25, 0.3) is 0 Å². The van der Waals surface area contributed by atoms with Gasteiger partial charge in [-0.3, -0.25) is 4.79 Å². The number of H-pyrrole nitrogens is 1. The van der Waals surface area contributed by atoms with Gasteiger partial charge in [-0.2, -0.15) is 0 Å². The van der Waals surface area contributed by atoms with Gasteiger partial charge in [-0.05, 0) is 18.9 Å². The third-order valence-electron chi connectivity index (χ3n) is 4.35. The summed E-state index contributed by atoms with van der Waals surface area (Å²) in [5.41, 5.74) is 3.78. The predicted molar refractivity (Wildman–Crippen MR) is 78.4 cm³/mol. The standard InChI is InChI=1S/C16H19N3O/c20-16(9-17-11-5-6-11)19-8-7-15-13(10-19)12-3-1-2-4-14(12)18-15/h1-4,11,17-18H,5-10H2. The molecule has 1 aliphatic carbocycles. The number of aromatic amines is 1. The van der Waals surface area contributed by atoms with E-state index in [1.165, 1.54) is 35.0 Å². The van der Waals surface area contributed by atoms with Crippen LogP contribution in [0, 0.1) is 0 Å². The number of nitrogens with one attached hydrogen (secondary N) is 2. The molecule has 1 fully saturated rings. The van der Waals surface area contributed by atoms with Crippen LogP contribution in [0.2, 0.25) is 0 Å². The summed E-state index contributed by atoms with van der Waals surface area (Å²) in [7, 11) is 0. The minimum absolute atomic E-state index is 0.229. The van der Waals surface area contributed by atoms with Crippen LogP contribution < -0.4 is 5.32 Å². The molecule has 1 aromatic carbocycles. The van der Waals surface area contributed by atoms with Gasteiger partial charge < -0.3 is 15.2 Å². The molecule has 0 unspecified atom stereocenters. The molecule has 0 saturated heterocycles. The highest BCUT2D eigenvalue weighted by atomic mass is 16.2. The Morgan fingerprint density at radius 2 is 2.20 bits per heavy atom. The molecule has 0 atom stereocenters. The molecule has 0 radical (unpaired) electrons. The fourth-order valence-corrected chi connectivity index (χ4v) is 3.01. The quantitative estimate of drug-likeness (QED) is 0.892. The Morgan fingerprint density at radius 3 is 3.05 bits per heavy atom. The van der Waals surface area contributed by atoms with Crippen LogP contribution in [-0.4, -0.2) is 34.9 Å². The number of aromatic nitrogens is 1. The molecule has 4 nitrogen and oxygen atoms in total. The Labute approximate surface area is 118 Å². The average molecular weight is 269 g/mol. The van der Waals surface area contributed by atoms with Gasteiger partial charge in [0.15, 0.2) is 0 Å². The maximum Gasteiger partial charge on any atom is 0.236 e. The molecule has 0 bridgehead atoms. The van der Waals surface area contributed by atoms with Crippen molar-refractivity contribution < 1.29 is 4.79 Å². The van der Waals surface area contributed by atoms with Gasteiger partial charge in [0.1, 0.15) is 0 Å². The summed E-state index contributed by atoms with van der Waals surface area (Å²) < 4.78 is 0. The Balaban J connectivity index is 1.54. The first-order valence-electron chi connectivity index (χ1n) is 7.41. The van der Waals surface area contributed by atoms with Crippen LogP contribution in [0.3, 0.4) is 0 Å². The maximum absolute atomic E-state index is 12.3. The lowest BCUT2D eigenvalue weighted by Gasteiger charge is -2.27. The molecule has 1 aliphatic heterocycles. The summed E-state index contributed by atoms with van der Waals surface area (Å²) >= 11 is 0. The van der Waals surface area contributed by atoms with E-state index in [0.29, 0.717) is 12.6 Å². The second kappa shape index (κ2) is 4.63. The third-order valence-corrected chi connectivity index (χ3v) is 4.35. The van der Waals surface area contributed by atoms with Crippen molar-refractivity contribution in [2.24, 2.45) is 0 Å². The van der Waals surface area contributed by atoms with Gasteiger partial charge in [-0.25, -0.2) is 0 Å². The lowest BCUT2D eigenvalue weighted by Crippen LogP contribution is -2.41. The van der Waals surface area contributed by atoms with Gasteiger partial charge >= 0.3 is 0 Å². The SMILES string of the molecule is O=C(CNC1CC1)N1CCc2[nH]c3ccccc3c2C1. The van der Waals surface area contributed by atoms with Crippen LogP contribution in [0.5, 0.6) is 0 Å². The number of fused-ring (bicyclic) bond motifs is 3. The number of hydrogen-bond acceptors (Lipinski definition) is 2. The zero-order chi connectivity index (χ0) is 13.5. The van der Waals surface area contributed by atoms with Gasteiger partial charge in [0, 0.05) is 47.7 Å². The smallest absolute Gasteiger partial charge is 0.236 e. The maximum atomic E-state index is 12.3. The second-order valence-corrected chi connectivity index (χ2v) is 5.85. The molecular formula is C16H19N3O. The minimum atomic E-state index is 0.229. The van der Waals surface area contributed by atoms with Crippen molar-refractivity contribution in [3.05, 3.63) is 35.5 Å². The molecule has 2 N–H and O–H groups in total. The van der Waals surface area contributed by atoms with Crippen LogP contribution in [0.1, 0.15) is 24.1 Å². The molecule has 104 valence electrons. The first kappa shape index (κ1) is 12.0. The van der Waals surface area contributed by atoms with Gasteiger partial charge in [0.05, 0.1) is 6.54 Å². The summed E-state index contributed by atoms with van der Waals surface area (Å²) in [5.74, 6) is 0.229. The van der Waals surface area contributed by atoms with Crippen molar-refractivity contribution in [2.45, 2.75) is 31.8 Å². The molecule has 2 aromatic rings. The van der Waals surface area contributed by atoms with E-state index in [0.717, 1.165) is 19.5 Å². The van der Waals surface area contributed by atoms with E-state index in [2.05, 4.69) is 28.5 Å². The summed E-state index contributed by atoms with van der Waals surface area (Å²) in [6, 6.07) is 8.95. The lowest BCUT2D eigenvalue weighted by atomic mass is 10.0. The van der Waals surface area contributed by atoms with Crippen molar-refractivity contribution in [1.82, 2.24) is 15.2 Å². The van der Waals surface area contributed by atoms with Crippen LogP contribution >= 0.6 is 0 Å². The molecule has 2 heterocycles. The zero-order valence-corrected chi connectivity index (χ0v) is 11.5. The Kier molecular flexibility index (Phi) is 2.77. The number of nitrogens with zero attached hydrogens (tertiary/aromatic N) is 1. The van der Waals surface area contributed by atoms with E-state index >= 15 is 0 Å². The van der Waals surface area contributed by atoms with Gasteiger partial charge in [-0.15, -0.1) is 0 Å². The Morgan fingerprint density at radius 1 is 1.35 bits per heavy atom. The highest BCUT2D eigenvalue weighted by molar-refractivity contribution is 5.86. The number of hydrogen-bond donors (Lipinski definition) is 2. The van der Waals surface area contributed by atoms with Crippen LogP contribution in [-0.2, 0) is 17.8 Å². The molecule has 1 amide bonds. The molecule has 0 spiro atoms.